The van der Waals surface area contributed by atoms with Crippen molar-refractivity contribution in [2.75, 3.05) is 0 Å². The van der Waals surface area contributed by atoms with Crippen LogP contribution in [0.3, 0.4) is 0 Å². The Morgan fingerprint density at radius 3 is 2.11 bits per heavy atom. The third-order valence-corrected chi connectivity index (χ3v) is 1.04. The van der Waals surface area contributed by atoms with E-state index >= 15 is 0 Å². The number of aliphatic hydroxyl groups excluding tert-OH is 1. The zero-order chi connectivity index (χ0) is 7.44. The summed E-state index contributed by atoms with van der Waals surface area (Å²) in [6.07, 6.45) is -1.38. The van der Waals surface area contributed by atoms with Crippen molar-refractivity contribution in [3.8, 4) is 0 Å². The highest BCUT2D eigenvalue weighted by Crippen LogP contribution is 2.06. The van der Waals surface area contributed by atoms with Crippen LogP contribution >= 0.6 is 0 Å². The van der Waals surface area contributed by atoms with Gasteiger partial charge < -0.3 is 5.11 Å². The van der Waals surface area contributed by atoms with Gasteiger partial charge in [0.25, 0.3) is 0 Å². The Morgan fingerprint density at radius 1 is 1.67 bits per heavy atom. The molecule has 0 saturated carbocycles. The fraction of sp³-hybridized carbons (Fsp3) is 0.667. The summed E-state index contributed by atoms with van der Waals surface area (Å²) >= 11 is 0. The molecule has 54 valence electrons. The number of rotatable bonds is 3. The molecule has 3 nitrogen and oxygen atoms in total. The minimum Gasteiger partial charge on any atom is -0.390 e. The second-order valence-electron chi connectivity index (χ2n) is 2.11. The molecule has 0 aliphatic heterocycles. The first-order chi connectivity index (χ1) is 4.09. The second kappa shape index (κ2) is 3.61. The lowest BCUT2D eigenvalue weighted by molar-refractivity contribution is -0.284. The van der Waals surface area contributed by atoms with Crippen molar-refractivity contribution in [3.63, 3.8) is 0 Å². The van der Waals surface area contributed by atoms with Crippen LogP contribution in [0.25, 0.3) is 0 Å². The van der Waals surface area contributed by atoms with Crippen LogP contribution in [0.1, 0.15) is 13.8 Å². The molecule has 2 atom stereocenters. The van der Waals surface area contributed by atoms with E-state index in [1.807, 2.05) is 0 Å². The molecule has 0 spiro atoms. The predicted octanol–water partition coefficient (Wildman–Crippen LogP) is 0.801. The van der Waals surface area contributed by atoms with Crippen LogP contribution in [0, 0.1) is 0 Å². The highest BCUT2D eigenvalue weighted by molar-refractivity contribution is 4.99. The smallest absolute Gasteiger partial charge is 0.139 e. The summed E-state index contributed by atoms with van der Waals surface area (Å²) in [4.78, 5) is 3.92. The molecule has 0 unspecified atom stereocenters. The molecule has 2 N–H and O–H groups in total. The van der Waals surface area contributed by atoms with Crippen molar-refractivity contribution in [1.29, 1.82) is 0 Å². The van der Waals surface area contributed by atoms with Crippen molar-refractivity contribution in [2.24, 2.45) is 0 Å². The first kappa shape index (κ1) is 8.62. The van der Waals surface area contributed by atoms with Crippen molar-refractivity contribution < 1.29 is 15.3 Å². The lowest BCUT2D eigenvalue weighted by Crippen LogP contribution is -2.25. The molecule has 0 aromatic rings. The number of hydrogen-bond donors (Lipinski definition) is 2. The third-order valence-electron chi connectivity index (χ3n) is 1.04. The van der Waals surface area contributed by atoms with E-state index in [1.165, 1.54) is 6.92 Å². The van der Waals surface area contributed by atoms with Crippen LogP contribution in [0.2, 0.25) is 0 Å². The van der Waals surface area contributed by atoms with E-state index in [2.05, 4.69) is 11.5 Å². The first-order valence-corrected chi connectivity index (χ1v) is 2.73. The topological polar surface area (TPSA) is 49.7 Å². The van der Waals surface area contributed by atoms with Crippen LogP contribution in [-0.4, -0.2) is 22.6 Å². The molecule has 0 aromatic carbocycles. The van der Waals surface area contributed by atoms with E-state index in [0.29, 0.717) is 5.57 Å². The molecule has 0 bridgehead atoms. The Kier molecular flexibility index (Phi) is 3.46. The molecule has 0 aliphatic rings. The zero-order valence-corrected chi connectivity index (χ0v) is 5.66. The molecule has 0 aromatic heterocycles. The SMILES string of the molecule is C=C(C)[C@@H](OO)[C@@H](C)O. The van der Waals surface area contributed by atoms with E-state index in [0.717, 1.165) is 0 Å². The molecule has 0 radical (unpaired) electrons. The molecule has 0 aliphatic carbocycles. The van der Waals surface area contributed by atoms with E-state index in [4.69, 9.17) is 10.4 Å². The van der Waals surface area contributed by atoms with E-state index in [-0.39, 0.29) is 0 Å². The van der Waals surface area contributed by atoms with E-state index < -0.39 is 12.2 Å². The molecule has 3 heteroatoms. The van der Waals surface area contributed by atoms with Crippen molar-refractivity contribution in [1.82, 2.24) is 0 Å². The van der Waals surface area contributed by atoms with Gasteiger partial charge in [0.2, 0.25) is 0 Å². The summed E-state index contributed by atoms with van der Waals surface area (Å²) in [5.41, 5.74) is 0.604. The normalized spacial score (nSPS) is 16.9. The fourth-order valence-electron chi connectivity index (χ4n) is 0.590. The Balaban J connectivity index is 3.83. The first-order valence-electron chi connectivity index (χ1n) is 2.73. The maximum Gasteiger partial charge on any atom is 0.139 e. The van der Waals surface area contributed by atoms with Gasteiger partial charge in [0.1, 0.15) is 6.10 Å². The molecule has 9 heavy (non-hydrogen) atoms. The van der Waals surface area contributed by atoms with Gasteiger partial charge in [-0.15, -0.1) is 0 Å². The maximum absolute atomic E-state index is 8.84. The highest BCUT2D eigenvalue weighted by Gasteiger charge is 2.15. The molecule has 0 saturated heterocycles. The van der Waals surface area contributed by atoms with Crippen LogP contribution in [0.5, 0.6) is 0 Å². The highest BCUT2D eigenvalue weighted by atomic mass is 17.1. The summed E-state index contributed by atoms with van der Waals surface area (Å²) in [5, 5.41) is 17.0. The monoisotopic (exact) mass is 132 g/mol. The summed E-state index contributed by atoms with van der Waals surface area (Å²) in [5.74, 6) is 0. The van der Waals surface area contributed by atoms with Gasteiger partial charge in [-0.3, -0.25) is 5.26 Å². The van der Waals surface area contributed by atoms with E-state index in [9.17, 15) is 0 Å². The lowest BCUT2D eigenvalue weighted by atomic mass is 10.1. The quantitative estimate of drug-likeness (QED) is 0.339. The van der Waals surface area contributed by atoms with Gasteiger partial charge in [0.05, 0.1) is 6.10 Å². The van der Waals surface area contributed by atoms with Gasteiger partial charge in [0, 0.05) is 0 Å². The van der Waals surface area contributed by atoms with Gasteiger partial charge in [0.15, 0.2) is 0 Å². The van der Waals surface area contributed by atoms with Crippen LogP contribution < -0.4 is 0 Å². The maximum atomic E-state index is 8.84. The van der Waals surface area contributed by atoms with Gasteiger partial charge in [-0.1, -0.05) is 6.58 Å². The minimum atomic E-state index is -0.715. The Labute approximate surface area is 54.5 Å². The number of aliphatic hydroxyl groups is 1. The largest absolute Gasteiger partial charge is 0.390 e. The standard InChI is InChI=1S/C6H12O3/c1-4(2)6(9-8)5(3)7/h5-8H,1H2,2-3H3/t5-,6-/m1/s1. The fourth-order valence-corrected chi connectivity index (χ4v) is 0.590. The lowest BCUT2D eigenvalue weighted by Gasteiger charge is -2.15. The van der Waals surface area contributed by atoms with E-state index in [1.54, 1.807) is 6.92 Å². The van der Waals surface area contributed by atoms with Crippen LogP contribution in [-0.2, 0) is 4.89 Å². The van der Waals surface area contributed by atoms with Crippen molar-refractivity contribution in [2.45, 2.75) is 26.1 Å². The average Bonchev–Trinajstić information content (AvgIpc) is 1.64. The van der Waals surface area contributed by atoms with Gasteiger partial charge >= 0.3 is 0 Å². The van der Waals surface area contributed by atoms with Gasteiger partial charge in [-0.2, -0.15) is 0 Å². The predicted molar refractivity (Wildman–Crippen MR) is 34.0 cm³/mol. The average molecular weight is 132 g/mol. The minimum absolute atomic E-state index is 0.604. The zero-order valence-electron chi connectivity index (χ0n) is 5.66. The molecule has 0 rings (SSSR count). The van der Waals surface area contributed by atoms with Gasteiger partial charge in [-0.05, 0) is 19.4 Å². The summed E-state index contributed by atoms with van der Waals surface area (Å²) in [6.45, 7) is 6.70. The summed E-state index contributed by atoms with van der Waals surface area (Å²) in [7, 11) is 0. The number of hydrogen-bond acceptors (Lipinski definition) is 3. The molecular formula is C6H12O3. The Hall–Kier alpha value is -0.380. The van der Waals surface area contributed by atoms with Crippen molar-refractivity contribution in [3.05, 3.63) is 12.2 Å². The molecule has 0 amide bonds. The molecule has 0 heterocycles. The van der Waals surface area contributed by atoms with Crippen LogP contribution in [0.15, 0.2) is 12.2 Å². The third kappa shape index (κ3) is 2.60. The second-order valence-corrected chi connectivity index (χ2v) is 2.11. The van der Waals surface area contributed by atoms with Gasteiger partial charge in [-0.25, -0.2) is 4.89 Å². The molecular weight excluding hydrogens is 120 g/mol. The summed E-state index contributed by atoms with van der Waals surface area (Å²) < 4.78 is 0. The Morgan fingerprint density at radius 2 is 2.11 bits per heavy atom. The molecule has 0 fully saturated rings. The summed E-state index contributed by atoms with van der Waals surface area (Å²) in [6, 6.07) is 0. The van der Waals surface area contributed by atoms with Crippen molar-refractivity contribution >= 4 is 0 Å². The van der Waals surface area contributed by atoms with Crippen LogP contribution in [0.4, 0.5) is 0 Å². The Bertz CT molecular complexity index is 98.5.